The van der Waals surface area contributed by atoms with Gasteiger partial charge in [-0.3, -0.25) is 14.9 Å². The largest absolute Gasteiger partial charge is 0.336 e. The quantitative estimate of drug-likeness (QED) is 0.447. The molecule has 0 saturated carbocycles. The van der Waals surface area contributed by atoms with E-state index in [2.05, 4.69) is 4.90 Å². The average Bonchev–Trinajstić information content (AvgIpc) is 2.38. The van der Waals surface area contributed by atoms with E-state index in [-0.39, 0.29) is 17.2 Å². The SMILES string of the molecule is CN1CCN(C(=O)c2ccc(I)cc2[N+](=O)[O-])CC1. The zero-order valence-corrected chi connectivity index (χ0v) is 12.7. The predicted octanol–water partition coefficient (Wildman–Crippen LogP) is 1.59. The first-order valence-corrected chi connectivity index (χ1v) is 6.98. The van der Waals surface area contributed by atoms with E-state index in [1.165, 1.54) is 6.07 Å². The van der Waals surface area contributed by atoms with Crippen LogP contribution in [-0.2, 0) is 0 Å². The van der Waals surface area contributed by atoms with Gasteiger partial charge in [-0.25, -0.2) is 0 Å². The van der Waals surface area contributed by atoms with Crippen LogP contribution in [0, 0.1) is 13.7 Å². The van der Waals surface area contributed by atoms with Crippen LogP contribution in [0.3, 0.4) is 0 Å². The number of nitrogens with zero attached hydrogens (tertiary/aromatic N) is 3. The number of amides is 1. The van der Waals surface area contributed by atoms with Gasteiger partial charge in [-0.05, 0) is 41.8 Å². The van der Waals surface area contributed by atoms with Crippen LogP contribution < -0.4 is 0 Å². The van der Waals surface area contributed by atoms with Gasteiger partial charge in [0, 0.05) is 35.8 Å². The highest BCUT2D eigenvalue weighted by molar-refractivity contribution is 14.1. The van der Waals surface area contributed by atoms with Crippen molar-refractivity contribution in [2.75, 3.05) is 33.2 Å². The zero-order valence-electron chi connectivity index (χ0n) is 10.5. The van der Waals surface area contributed by atoms with Gasteiger partial charge in [0.05, 0.1) is 4.92 Å². The van der Waals surface area contributed by atoms with E-state index < -0.39 is 4.92 Å². The third kappa shape index (κ3) is 3.21. The summed E-state index contributed by atoms with van der Waals surface area (Å²) in [4.78, 5) is 26.7. The third-order valence-electron chi connectivity index (χ3n) is 3.18. The summed E-state index contributed by atoms with van der Waals surface area (Å²) < 4.78 is 0.749. The molecule has 1 aliphatic rings. The molecule has 0 atom stereocenters. The minimum atomic E-state index is -0.495. The molecular weight excluding hydrogens is 361 g/mol. The van der Waals surface area contributed by atoms with Crippen molar-refractivity contribution >= 4 is 34.2 Å². The average molecular weight is 375 g/mol. The molecule has 6 nitrogen and oxygen atoms in total. The summed E-state index contributed by atoms with van der Waals surface area (Å²) in [5.41, 5.74) is 0.0609. The highest BCUT2D eigenvalue weighted by Gasteiger charge is 2.26. The Hall–Kier alpha value is -1.22. The minimum absolute atomic E-state index is 0.115. The maximum Gasteiger partial charge on any atom is 0.283 e. The van der Waals surface area contributed by atoms with Crippen molar-refractivity contribution in [3.63, 3.8) is 0 Å². The van der Waals surface area contributed by atoms with Gasteiger partial charge in [0.15, 0.2) is 0 Å². The van der Waals surface area contributed by atoms with Crippen LogP contribution in [0.25, 0.3) is 0 Å². The van der Waals surface area contributed by atoms with Crippen LogP contribution in [0.4, 0.5) is 5.69 Å². The first-order valence-electron chi connectivity index (χ1n) is 5.91. The molecule has 102 valence electrons. The molecule has 1 amide bonds. The first kappa shape index (κ1) is 14.2. The van der Waals surface area contributed by atoms with Gasteiger partial charge >= 0.3 is 0 Å². The molecule has 1 aromatic rings. The molecule has 0 spiro atoms. The van der Waals surface area contributed by atoms with Crippen molar-refractivity contribution in [3.8, 4) is 0 Å². The maximum absolute atomic E-state index is 12.3. The van der Waals surface area contributed by atoms with Crippen LogP contribution in [0.2, 0.25) is 0 Å². The fraction of sp³-hybridized carbons (Fsp3) is 0.417. The second-order valence-electron chi connectivity index (χ2n) is 4.51. The molecule has 0 aromatic heterocycles. The molecule has 1 heterocycles. The molecule has 2 rings (SSSR count). The fourth-order valence-electron chi connectivity index (χ4n) is 2.02. The lowest BCUT2D eigenvalue weighted by atomic mass is 10.1. The fourth-order valence-corrected chi connectivity index (χ4v) is 2.49. The number of likely N-dealkylation sites (N-methyl/N-ethyl adjacent to an activating group) is 1. The van der Waals surface area contributed by atoms with Gasteiger partial charge in [-0.1, -0.05) is 0 Å². The predicted molar refractivity (Wildman–Crippen MR) is 79.2 cm³/mol. The van der Waals surface area contributed by atoms with Gasteiger partial charge in [0.25, 0.3) is 11.6 Å². The summed E-state index contributed by atoms with van der Waals surface area (Å²) in [6.45, 7) is 2.81. The van der Waals surface area contributed by atoms with E-state index in [1.807, 2.05) is 29.6 Å². The normalized spacial score (nSPS) is 16.4. The van der Waals surface area contributed by atoms with Crippen molar-refractivity contribution in [1.29, 1.82) is 0 Å². The Kier molecular flexibility index (Phi) is 4.35. The minimum Gasteiger partial charge on any atom is -0.336 e. The number of carbonyl (C=O) groups is 1. The summed E-state index contributed by atoms with van der Waals surface area (Å²) >= 11 is 2.00. The van der Waals surface area contributed by atoms with Gasteiger partial charge in [0.1, 0.15) is 5.56 Å². The van der Waals surface area contributed by atoms with Crippen LogP contribution >= 0.6 is 22.6 Å². The van der Waals surface area contributed by atoms with Crippen molar-refractivity contribution in [2.45, 2.75) is 0 Å². The number of nitro groups is 1. The third-order valence-corrected chi connectivity index (χ3v) is 3.85. The number of piperazine rings is 1. The molecule has 1 aromatic carbocycles. The van der Waals surface area contributed by atoms with E-state index in [0.717, 1.165) is 16.7 Å². The number of carbonyl (C=O) groups excluding carboxylic acids is 1. The van der Waals surface area contributed by atoms with E-state index in [0.29, 0.717) is 13.1 Å². The summed E-state index contributed by atoms with van der Waals surface area (Å²) in [5.74, 6) is -0.254. The highest BCUT2D eigenvalue weighted by Crippen LogP contribution is 2.23. The lowest BCUT2D eigenvalue weighted by Crippen LogP contribution is -2.47. The van der Waals surface area contributed by atoms with E-state index in [4.69, 9.17) is 0 Å². The van der Waals surface area contributed by atoms with Crippen LogP contribution in [0.5, 0.6) is 0 Å². The Morgan fingerprint density at radius 2 is 1.95 bits per heavy atom. The Labute approximate surface area is 124 Å². The second-order valence-corrected chi connectivity index (χ2v) is 5.76. The number of rotatable bonds is 2. The number of halogens is 1. The molecule has 0 N–H and O–H groups in total. The second kappa shape index (κ2) is 5.83. The number of nitro benzene ring substituents is 1. The standard InChI is InChI=1S/C12H14IN3O3/c1-14-4-6-15(7-5-14)12(17)10-3-2-9(13)8-11(10)16(18)19/h2-3,8H,4-7H2,1H3. The zero-order chi connectivity index (χ0) is 14.0. The van der Waals surface area contributed by atoms with Crippen LogP contribution in [0.15, 0.2) is 18.2 Å². The molecule has 19 heavy (non-hydrogen) atoms. The Balaban J connectivity index is 2.26. The van der Waals surface area contributed by atoms with E-state index >= 15 is 0 Å². The lowest BCUT2D eigenvalue weighted by molar-refractivity contribution is -0.385. The van der Waals surface area contributed by atoms with E-state index in [9.17, 15) is 14.9 Å². The topological polar surface area (TPSA) is 66.7 Å². The molecule has 0 aliphatic carbocycles. The van der Waals surface area contributed by atoms with Crippen molar-refractivity contribution in [1.82, 2.24) is 9.80 Å². The molecule has 0 bridgehead atoms. The summed E-state index contributed by atoms with van der Waals surface area (Å²) in [6, 6.07) is 4.70. The number of hydrogen-bond donors (Lipinski definition) is 0. The van der Waals surface area contributed by atoms with Gasteiger partial charge in [-0.15, -0.1) is 0 Å². The van der Waals surface area contributed by atoms with Crippen LogP contribution in [-0.4, -0.2) is 53.9 Å². The van der Waals surface area contributed by atoms with Crippen LogP contribution in [0.1, 0.15) is 10.4 Å². The molecule has 1 aliphatic heterocycles. The molecule has 1 fully saturated rings. The number of hydrogen-bond acceptors (Lipinski definition) is 4. The summed E-state index contributed by atoms with van der Waals surface area (Å²) in [7, 11) is 2.00. The molecule has 1 saturated heterocycles. The summed E-state index contributed by atoms with van der Waals surface area (Å²) in [6.07, 6.45) is 0. The molecule has 0 radical (unpaired) electrons. The van der Waals surface area contributed by atoms with Crippen molar-refractivity contribution in [3.05, 3.63) is 37.4 Å². The van der Waals surface area contributed by atoms with Gasteiger partial charge < -0.3 is 9.80 Å². The highest BCUT2D eigenvalue weighted by atomic mass is 127. The molecular formula is C12H14IN3O3. The number of benzene rings is 1. The first-order chi connectivity index (χ1) is 8.99. The maximum atomic E-state index is 12.3. The lowest BCUT2D eigenvalue weighted by Gasteiger charge is -2.32. The van der Waals surface area contributed by atoms with Crippen molar-refractivity contribution < 1.29 is 9.72 Å². The summed E-state index contributed by atoms with van der Waals surface area (Å²) in [5, 5.41) is 11.0. The van der Waals surface area contributed by atoms with E-state index in [1.54, 1.807) is 17.0 Å². The van der Waals surface area contributed by atoms with Crippen molar-refractivity contribution in [2.24, 2.45) is 0 Å². The van der Waals surface area contributed by atoms with Gasteiger partial charge in [0.2, 0.25) is 0 Å². The molecule has 7 heteroatoms. The molecule has 0 unspecified atom stereocenters. The van der Waals surface area contributed by atoms with Gasteiger partial charge in [-0.2, -0.15) is 0 Å². The smallest absolute Gasteiger partial charge is 0.283 e. The Bertz CT molecular complexity index is 513. The Morgan fingerprint density at radius 1 is 1.32 bits per heavy atom. The monoisotopic (exact) mass is 375 g/mol. The Morgan fingerprint density at radius 3 is 2.53 bits per heavy atom.